The third-order valence-electron chi connectivity index (χ3n) is 4.72. The highest BCUT2D eigenvalue weighted by atomic mass is 19.1. The Kier molecular flexibility index (Phi) is 6.39. The number of halogens is 2. The number of ether oxygens (including phenoxy) is 2. The van der Waals surface area contributed by atoms with Crippen LogP contribution in [-0.4, -0.2) is 15.7 Å². The minimum absolute atomic E-state index is 0.0486. The number of carbonyl (C=O) groups is 1. The number of furan rings is 1. The quantitative estimate of drug-likeness (QED) is 0.395. The van der Waals surface area contributed by atoms with Gasteiger partial charge >= 0.3 is 0 Å². The van der Waals surface area contributed by atoms with Crippen molar-refractivity contribution < 1.29 is 27.5 Å². The first-order valence-corrected chi connectivity index (χ1v) is 10.1. The van der Waals surface area contributed by atoms with Crippen molar-refractivity contribution in [2.75, 3.05) is 5.32 Å². The Morgan fingerprint density at radius 3 is 2.67 bits per heavy atom. The van der Waals surface area contributed by atoms with Crippen LogP contribution in [0.2, 0.25) is 0 Å². The summed E-state index contributed by atoms with van der Waals surface area (Å²) in [5, 5.41) is 6.86. The van der Waals surface area contributed by atoms with Crippen molar-refractivity contribution in [3.05, 3.63) is 95.2 Å². The number of aryl methyl sites for hydroxylation is 2. The van der Waals surface area contributed by atoms with Crippen LogP contribution in [-0.2, 0) is 13.3 Å². The van der Waals surface area contributed by atoms with Crippen LogP contribution in [0.5, 0.6) is 11.5 Å². The SMILES string of the molecule is Cc1ccc(OCn2cc(NC(=O)c3ccc(COc4ccc(F)cc4F)o3)cn2)c(C)c1. The molecular formula is C24H21F2N3O4. The van der Waals surface area contributed by atoms with Gasteiger partial charge in [0.05, 0.1) is 18.1 Å². The van der Waals surface area contributed by atoms with E-state index in [1.165, 1.54) is 24.4 Å². The van der Waals surface area contributed by atoms with Gasteiger partial charge in [-0.15, -0.1) is 0 Å². The second-order valence-corrected chi connectivity index (χ2v) is 7.39. The van der Waals surface area contributed by atoms with Gasteiger partial charge in [-0.2, -0.15) is 5.10 Å². The van der Waals surface area contributed by atoms with Crippen molar-refractivity contribution in [3.8, 4) is 11.5 Å². The van der Waals surface area contributed by atoms with Gasteiger partial charge in [0.25, 0.3) is 5.91 Å². The molecular weight excluding hydrogens is 432 g/mol. The van der Waals surface area contributed by atoms with Gasteiger partial charge in [-0.1, -0.05) is 17.7 Å². The first-order valence-electron chi connectivity index (χ1n) is 10.1. The van der Waals surface area contributed by atoms with Crippen molar-refractivity contribution in [2.24, 2.45) is 0 Å². The summed E-state index contributed by atoms with van der Waals surface area (Å²) in [7, 11) is 0. The largest absolute Gasteiger partial charge is 0.483 e. The lowest BCUT2D eigenvalue weighted by Crippen LogP contribution is -2.10. The van der Waals surface area contributed by atoms with Crippen LogP contribution in [0, 0.1) is 25.5 Å². The number of hydrogen-bond acceptors (Lipinski definition) is 5. The molecule has 0 bridgehead atoms. The number of nitrogens with one attached hydrogen (secondary N) is 1. The summed E-state index contributed by atoms with van der Waals surface area (Å²) in [4.78, 5) is 12.4. The monoisotopic (exact) mass is 453 g/mol. The highest BCUT2D eigenvalue weighted by Gasteiger charge is 2.14. The molecule has 0 saturated heterocycles. The van der Waals surface area contributed by atoms with E-state index in [-0.39, 0.29) is 24.8 Å². The molecule has 0 saturated carbocycles. The molecule has 0 atom stereocenters. The zero-order chi connectivity index (χ0) is 23.4. The van der Waals surface area contributed by atoms with Crippen LogP contribution in [0.1, 0.15) is 27.4 Å². The third-order valence-corrected chi connectivity index (χ3v) is 4.72. The molecule has 0 radical (unpaired) electrons. The van der Waals surface area contributed by atoms with E-state index in [9.17, 15) is 13.6 Å². The summed E-state index contributed by atoms with van der Waals surface area (Å²) in [6, 6.07) is 11.9. The van der Waals surface area contributed by atoms with Crippen LogP contribution in [0.3, 0.4) is 0 Å². The molecule has 170 valence electrons. The average molecular weight is 453 g/mol. The standard InChI is InChI=1S/C24H21F2N3O4/c1-15-3-6-21(16(2)9-15)32-14-29-12-18(11-27-29)28-24(30)23-8-5-19(33-23)13-31-22-7-4-17(25)10-20(22)26/h3-12H,13-14H2,1-2H3,(H,28,30). The molecule has 33 heavy (non-hydrogen) atoms. The van der Waals surface area contributed by atoms with E-state index < -0.39 is 17.5 Å². The molecule has 4 aromatic rings. The number of carbonyl (C=O) groups excluding carboxylic acids is 1. The van der Waals surface area contributed by atoms with E-state index in [0.717, 1.165) is 29.0 Å². The fourth-order valence-corrected chi connectivity index (χ4v) is 3.11. The van der Waals surface area contributed by atoms with Crippen LogP contribution in [0.25, 0.3) is 0 Å². The van der Waals surface area contributed by atoms with Crippen LogP contribution >= 0.6 is 0 Å². The van der Waals surface area contributed by atoms with E-state index in [4.69, 9.17) is 13.9 Å². The fourth-order valence-electron chi connectivity index (χ4n) is 3.11. The van der Waals surface area contributed by atoms with E-state index >= 15 is 0 Å². The Bertz CT molecular complexity index is 1280. The van der Waals surface area contributed by atoms with Gasteiger partial charge in [-0.3, -0.25) is 4.79 Å². The summed E-state index contributed by atoms with van der Waals surface area (Å²) in [6.45, 7) is 4.04. The Hall–Kier alpha value is -4.14. The summed E-state index contributed by atoms with van der Waals surface area (Å²) in [5.41, 5.74) is 2.64. The maximum Gasteiger partial charge on any atom is 0.291 e. The minimum Gasteiger partial charge on any atom is -0.483 e. The Labute approximate surface area is 188 Å². The number of amides is 1. The van der Waals surface area contributed by atoms with Crippen LogP contribution < -0.4 is 14.8 Å². The van der Waals surface area contributed by atoms with Crippen molar-refractivity contribution in [1.29, 1.82) is 0 Å². The Morgan fingerprint density at radius 1 is 1.06 bits per heavy atom. The maximum atomic E-state index is 13.6. The van der Waals surface area contributed by atoms with Gasteiger partial charge < -0.3 is 19.2 Å². The summed E-state index contributed by atoms with van der Waals surface area (Å²) < 4.78 is 44.7. The van der Waals surface area contributed by atoms with Crippen molar-refractivity contribution >= 4 is 11.6 Å². The number of anilines is 1. The van der Waals surface area contributed by atoms with Crippen LogP contribution in [0.15, 0.2) is 65.3 Å². The number of nitrogens with zero attached hydrogens (tertiary/aromatic N) is 2. The van der Waals surface area contributed by atoms with Crippen molar-refractivity contribution in [1.82, 2.24) is 9.78 Å². The van der Waals surface area contributed by atoms with Gasteiger partial charge in [-0.25, -0.2) is 13.5 Å². The number of hydrogen-bond donors (Lipinski definition) is 1. The lowest BCUT2D eigenvalue weighted by Gasteiger charge is -2.09. The van der Waals surface area contributed by atoms with Crippen molar-refractivity contribution in [3.63, 3.8) is 0 Å². The summed E-state index contributed by atoms with van der Waals surface area (Å²) in [6.07, 6.45) is 3.12. The van der Waals surface area contributed by atoms with Gasteiger partial charge in [0, 0.05) is 6.07 Å². The number of benzene rings is 2. The molecule has 0 aliphatic carbocycles. The van der Waals surface area contributed by atoms with Gasteiger partial charge in [0.15, 0.2) is 24.1 Å². The Balaban J connectivity index is 1.30. The molecule has 7 nitrogen and oxygen atoms in total. The van der Waals surface area contributed by atoms with E-state index in [1.54, 1.807) is 10.9 Å². The smallest absolute Gasteiger partial charge is 0.291 e. The molecule has 1 amide bonds. The first-order chi connectivity index (χ1) is 15.9. The van der Waals surface area contributed by atoms with E-state index in [1.807, 2.05) is 32.0 Å². The first kappa shape index (κ1) is 22.1. The molecule has 2 heterocycles. The van der Waals surface area contributed by atoms with E-state index in [2.05, 4.69) is 10.4 Å². The molecule has 0 aliphatic heterocycles. The highest BCUT2D eigenvalue weighted by molar-refractivity contribution is 6.02. The summed E-state index contributed by atoms with van der Waals surface area (Å²) in [5.74, 6) is -1.00. The second kappa shape index (κ2) is 9.56. The number of aromatic nitrogens is 2. The lowest BCUT2D eigenvalue weighted by atomic mass is 10.1. The van der Waals surface area contributed by atoms with Crippen molar-refractivity contribution in [2.45, 2.75) is 27.2 Å². The molecule has 0 unspecified atom stereocenters. The molecule has 0 spiro atoms. The van der Waals surface area contributed by atoms with E-state index in [0.29, 0.717) is 11.4 Å². The Morgan fingerprint density at radius 2 is 1.88 bits per heavy atom. The molecule has 2 aromatic carbocycles. The molecule has 9 heteroatoms. The fraction of sp³-hybridized carbons (Fsp3) is 0.167. The van der Waals surface area contributed by atoms with Gasteiger partial charge in [0.2, 0.25) is 0 Å². The third kappa shape index (κ3) is 5.57. The predicted molar refractivity (Wildman–Crippen MR) is 116 cm³/mol. The molecule has 4 rings (SSSR count). The molecule has 0 fully saturated rings. The molecule has 1 N–H and O–H groups in total. The predicted octanol–water partition coefficient (Wildman–Crippen LogP) is 5.24. The molecule has 0 aliphatic rings. The number of rotatable bonds is 8. The average Bonchev–Trinajstić information content (AvgIpc) is 3.42. The van der Waals surface area contributed by atoms with Crippen LogP contribution in [0.4, 0.5) is 14.5 Å². The highest BCUT2D eigenvalue weighted by Crippen LogP contribution is 2.21. The zero-order valence-corrected chi connectivity index (χ0v) is 18.0. The zero-order valence-electron chi connectivity index (χ0n) is 18.0. The van der Waals surface area contributed by atoms with Gasteiger partial charge in [0.1, 0.15) is 23.9 Å². The van der Waals surface area contributed by atoms with Gasteiger partial charge in [-0.05, 0) is 49.7 Å². The topological polar surface area (TPSA) is 78.5 Å². The maximum absolute atomic E-state index is 13.6. The molecule has 2 aromatic heterocycles. The lowest BCUT2D eigenvalue weighted by molar-refractivity contribution is 0.0992. The minimum atomic E-state index is -0.821. The normalized spacial score (nSPS) is 10.8. The second-order valence-electron chi connectivity index (χ2n) is 7.39. The summed E-state index contributed by atoms with van der Waals surface area (Å²) >= 11 is 0.